The molecular formula is C10H10N2O4-2. The summed E-state index contributed by atoms with van der Waals surface area (Å²) in [5.74, 6) is 0. The third-order valence-corrected chi connectivity index (χ3v) is 2.44. The minimum atomic E-state index is -0.591. The van der Waals surface area contributed by atoms with Crippen molar-refractivity contribution in [2.24, 2.45) is 0 Å². The first-order valence-electron chi connectivity index (χ1n) is 4.68. The molecule has 1 aromatic rings. The maximum atomic E-state index is 11.8. The van der Waals surface area contributed by atoms with E-state index in [4.69, 9.17) is 10.2 Å². The summed E-state index contributed by atoms with van der Waals surface area (Å²) in [6.45, 7) is -1.18. The Hall–Kier alpha value is -1.60. The molecule has 0 spiro atoms. The van der Waals surface area contributed by atoms with Crippen LogP contribution in [0.25, 0.3) is 0 Å². The summed E-state index contributed by atoms with van der Waals surface area (Å²) >= 11 is 0. The van der Waals surface area contributed by atoms with E-state index in [1.807, 2.05) is 0 Å². The van der Waals surface area contributed by atoms with Crippen LogP contribution >= 0.6 is 0 Å². The summed E-state index contributed by atoms with van der Waals surface area (Å²) < 4.78 is 0. The molecule has 0 fully saturated rings. The van der Waals surface area contributed by atoms with E-state index in [0.717, 1.165) is 0 Å². The second-order valence-electron chi connectivity index (χ2n) is 3.29. The largest absolute Gasteiger partial charge is 0.754 e. The van der Waals surface area contributed by atoms with Crippen LogP contribution in [0.2, 0.25) is 0 Å². The lowest BCUT2D eigenvalue weighted by molar-refractivity contribution is 0.307. The van der Waals surface area contributed by atoms with E-state index in [2.05, 4.69) is 0 Å². The fourth-order valence-corrected chi connectivity index (χ4v) is 1.64. The normalized spacial score (nSPS) is 15.5. The quantitative estimate of drug-likeness (QED) is 0.757. The third-order valence-electron chi connectivity index (χ3n) is 2.44. The number of para-hydroxylation sites is 2. The molecule has 2 N–H and O–H groups in total. The maximum absolute atomic E-state index is 11.8. The standard InChI is InChI=1S/C10H10N2O4/c13-5-9-10(6-14)12(16)8-4-2-1-3-7(8)11(9)15/h1-4,13-14H,5-6H2/q-2. The Morgan fingerprint density at radius 3 is 1.56 bits per heavy atom. The van der Waals surface area contributed by atoms with Gasteiger partial charge in [-0.3, -0.25) is 0 Å². The minimum absolute atomic E-state index is 0.129. The van der Waals surface area contributed by atoms with E-state index in [0.29, 0.717) is 10.1 Å². The number of benzene rings is 1. The molecule has 0 bridgehead atoms. The van der Waals surface area contributed by atoms with Crippen LogP contribution in [0.4, 0.5) is 11.4 Å². The number of aliphatic hydroxyl groups is 2. The number of hydrogen-bond acceptors (Lipinski definition) is 6. The lowest BCUT2D eigenvalue weighted by Crippen LogP contribution is -2.33. The van der Waals surface area contributed by atoms with Gasteiger partial charge in [0, 0.05) is 0 Å². The van der Waals surface area contributed by atoms with Gasteiger partial charge in [0.25, 0.3) is 0 Å². The first-order chi connectivity index (χ1) is 7.70. The molecule has 0 amide bonds. The van der Waals surface area contributed by atoms with E-state index >= 15 is 0 Å². The summed E-state index contributed by atoms with van der Waals surface area (Å²) in [4.78, 5) is 0. The smallest absolute Gasteiger partial charge is 0.0843 e. The van der Waals surface area contributed by atoms with Crippen molar-refractivity contribution >= 4 is 11.4 Å². The van der Waals surface area contributed by atoms with E-state index in [1.165, 1.54) is 12.1 Å². The van der Waals surface area contributed by atoms with Crippen LogP contribution in [0.1, 0.15) is 0 Å². The van der Waals surface area contributed by atoms with Crippen molar-refractivity contribution in [1.29, 1.82) is 0 Å². The molecule has 1 aliphatic rings. The Balaban J connectivity index is 2.57. The van der Waals surface area contributed by atoms with Gasteiger partial charge in [0.05, 0.1) is 36.0 Å². The Kier molecular flexibility index (Phi) is 2.80. The van der Waals surface area contributed by atoms with Crippen molar-refractivity contribution in [2.75, 3.05) is 23.3 Å². The number of rotatable bonds is 2. The molecule has 0 aromatic heterocycles. The van der Waals surface area contributed by atoms with E-state index in [-0.39, 0.29) is 22.8 Å². The average Bonchev–Trinajstić information content (AvgIpc) is 2.33. The molecule has 16 heavy (non-hydrogen) atoms. The maximum Gasteiger partial charge on any atom is 0.0843 e. The first kappa shape index (κ1) is 10.9. The van der Waals surface area contributed by atoms with Crippen LogP contribution in [0.3, 0.4) is 0 Å². The highest BCUT2D eigenvalue weighted by Gasteiger charge is 2.19. The number of aliphatic hydroxyl groups excluding tert-OH is 2. The molecule has 0 saturated heterocycles. The van der Waals surface area contributed by atoms with Crippen LogP contribution in [-0.2, 0) is 0 Å². The molecule has 6 nitrogen and oxygen atoms in total. The van der Waals surface area contributed by atoms with Crippen LogP contribution in [0, 0.1) is 10.4 Å². The zero-order valence-corrected chi connectivity index (χ0v) is 8.33. The Labute approximate surface area is 91.8 Å². The van der Waals surface area contributed by atoms with Crippen LogP contribution in [-0.4, -0.2) is 23.4 Å². The lowest BCUT2D eigenvalue weighted by Gasteiger charge is -2.47. The van der Waals surface area contributed by atoms with Gasteiger partial charge in [0.2, 0.25) is 0 Å². The molecule has 0 unspecified atom stereocenters. The highest BCUT2D eigenvalue weighted by atomic mass is 16.5. The molecule has 86 valence electrons. The molecule has 1 aliphatic heterocycles. The average molecular weight is 222 g/mol. The Morgan fingerprint density at radius 1 is 0.875 bits per heavy atom. The highest BCUT2D eigenvalue weighted by molar-refractivity contribution is 5.80. The molecule has 0 atom stereocenters. The molecule has 2 rings (SSSR count). The summed E-state index contributed by atoms with van der Waals surface area (Å²) in [7, 11) is 0. The lowest BCUT2D eigenvalue weighted by atomic mass is 10.1. The zero-order chi connectivity index (χ0) is 11.7. The van der Waals surface area contributed by atoms with Gasteiger partial charge >= 0.3 is 0 Å². The van der Waals surface area contributed by atoms with Gasteiger partial charge in [0.15, 0.2) is 0 Å². The molecule has 1 heterocycles. The predicted molar refractivity (Wildman–Crippen MR) is 59.3 cm³/mol. The number of fused-ring (bicyclic) bond motifs is 1. The van der Waals surface area contributed by atoms with Gasteiger partial charge in [0.1, 0.15) is 0 Å². The Morgan fingerprint density at radius 2 is 1.25 bits per heavy atom. The van der Waals surface area contributed by atoms with Crippen molar-refractivity contribution in [1.82, 2.24) is 0 Å². The number of anilines is 2. The molecule has 0 radical (unpaired) electrons. The minimum Gasteiger partial charge on any atom is -0.754 e. The highest BCUT2D eigenvalue weighted by Crippen LogP contribution is 2.37. The van der Waals surface area contributed by atoms with E-state index in [9.17, 15) is 10.4 Å². The van der Waals surface area contributed by atoms with Crippen molar-refractivity contribution in [3.05, 3.63) is 46.1 Å². The zero-order valence-electron chi connectivity index (χ0n) is 8.33. The summed E-state index contributed by atoms with van der Waals surface area (Å²) in [5.41, 5.74) is 0.0740. The fraction of sp³-hybridized carbons (Fsp3) is 0.200. The Bertz CT molecular complexity index is 394. The molecule has 0 aliphatic carbocycles. The second-order valence-corrected chi connectivity index (χ2v) is 3.29. The summed E-state index contributed by atoms with van der Waals surface area (Å²) in [6.07, 6.45) is 0. The van der Waals surface area contributed by atoms with Crippen LogP contribution in [0.5, 0.6) is 0 Å². The fourth-order valence-electron chi connectivity index (χ4n) is 1.64. The summed E-state index contributed by atoms with van der Waals surface area (Å²) in [5, 5.41) is 42.6. The van der Waals surface area contributed by atoms with Gasteiger partial charge in [-0.05, 0) is 12.1 Å². The van der Waals surface area contributed by atoms with Gasteiger partial charge < -0.3 is 30.8 Å². The SMILES string of the molecule is [O-]N1C(CO)=C(CO)N([O-])c2ccccc21. The first-order valence-corrected chi connectivity index (χ1v) is 4.68. The number of nitrogens with zero attached hydrogens (tertiary/aromatic N) is 2. The van der Waals surface area contributed by atoms with Crippen molar-refractivity contribution in [3.8, 4) is 0 Å². The van der Waals surface area contributed by atoms with Gasteiger partial charge in [-0.2, -0.15) is 0 Å². The second kappa shape index (κ2) is 4.11. The number of hydrogen-bond donors (Lipinski definition) is 2. The van der Waals surface area contributed by atoms with Crippen molar-refractivity contribution < 1.29 is 10.2 Å². The van der Waals surface area contributed by atoms with Crippen LogP contribution < -0.4 is 10.1 Å². The predicted octanol–water partition coefficient (Wildman–Crippen LogP) is 0.505. The molecular weight excluding hydrogens is 212 g/mol. The van der Waals surface area contributed by atoms with Crippen molar-refractivity contribution in [3.63, 3.8) is 0 Å². The van der Waals surface area contributed by atoms with Gasteiger partial charge in [-0.25, -0.2) is 0 Å². The van der Waals surface area contributed by atoms with Crippen LogP contribution in [0.15, 0.2) is 35.7 Å². The van der Waals surface area contributed by atoms with E-state index < -0.39 is 13.2 Å². The van der Waals surface area contributed by atoms with Gasteiger partial charge in [-0.1, -0.05) is 12.1 Å². The third kappa shape index (κ3) is 1.44. The van der Waals surface area contributed by atoms with Crippen molar-refractivity contribution in [2.45, 2.75) is 0 Å². The topological polar surface area (TPSA) is 93.1 Å². The molecule has 0 saturated carbocycles. The van der Waals surface area contributed by atoms with Gasteiger partial charge in [-0.15, -0.1) is 0 Å². The monoisotopic (exact) mass is 222 g/mol. The molecule has 6 heteroatoms. The van der Waals surface area contributed by atoms with E-state index in [1.54, 1.807) is 12.1 Å². The number of hydroxylamine groups is 2. The summed E-state index contributed by atoms with van der Waals surface area (Å²) in [6, 6.07) is 6.21. The molecule has 1 aromatic carbocycles.